The van der Waals surface area contributed by atoms with Crippen molar-refractivity contribution in [1.29, 1.82) is 0 Å². The van der Waals surface area contributed by atoms with Crippen LogP contribution < -0.4 is 15.1 Å². The Balaban J connectivity index is 1.07. The third-order valence-corrected chi connectivity index (χ3v) is 8.23. The molecule has 9 heteroatoms. The average molecular weight is 517 g/mol. The van der Waals surface area contributed by atoms with E-state index in [1.54, 1.807) is 6.33 Å². The Kier molecular flexibility index (Phi) is 7.29. The molecule has 3 aliphatic heterocycles. The van der Waals surface area contributed by atoms with Crippen molar-refractivity contribution in [2.45, 2.75) is 37.6 Å². The number of carbonyl (C=O) groups excluding carboxylic acids is 1. The number of carbonyl (C=O) groups is 1. The molecular formula is C29H36N6O3. The number of aliphatic hydroxyl groups excluding tert-OH is 1. The molecule has 3 aromatic rings. The normalized spacial score (nSPS) is 20.8. The lowest BCUT2D eigenvalue weighted by molar-refractivity contribution is 0.122. The van der Waals surface area contributed by atoms with Crippen molar-refractivity contribution in [2.75, 3.05) is 67.7 Å². The van der Waals surface area contributed by atoms with E-state index in [1.165, 1.54) is 0 Å². The maximum atomic E-state index is 13.0. The third-order valence-electron chi connectivity index (χ3n) is 8.23. The zero-order valence-electron chi connectivity index (χ0n) is 21.8. The quantitative estimate of drug-likeness (QED) is 0.532. The highest BCUT2D eigenvalue weighted by molar-refractivity contribution is 5.90. The lowest BCUT2D eigenvalue weighted by Gasteiger charge is -2.32. The van der Waals surface area contributed by atoms with Crippen LogP contribution in [0, 0.1) is 0 Å². The van der Waals surface area contributed by atoms with Gasteiger partial charge in [0.05, 0.1) is 37.1 Å². The fourth-order valence-electron chi connectivity index (χ4n) is 6.07. The van der Waals surface area contributed by atoms with Crippen LogP contribution in [0.1, 0.15) is 37.3 Å². The van der Waals surface area contributed by atoms with E-state index in [1.807, 2.05) is 17.0 Å². The first-order valence-electron chi connectivity index (χ1n) is 13.8. The van der Waals surface area contributed by atoms with Gasteiger partial charge in [0.25, 0.3) is 0 Å². The summed E-state index contributed by atoms with van der Waals surface area (Å²) in [7, 11) is 0. The Bertz CT molecular complexity index is 1250. The molecule has 4 heterocycles. The first-order chi connectivity index (χ1) is 18.7. The Morgan fingerprint density at radius 2 is 1.71 bits per heavy atom. The number of likely N-dealkylation sites (tertiary alicyclic amines) is 1. The molecule has 200 valence electrons. The molecule has 3 fully saturated rings. The van der Waals surface area contributed by atoms with E-state index in [-0.39, 0.29) is 18.7 Å². The molecule has 2 aromatic carbocycles. The first-order valence-corrected chi connectivity index (χ1v) is 13.8. The Hall–Kier alpha value is -3.43. The summed E-state index contributed by atoms with van der Waals surface area (Å²) in [5.74, 6) is 0.292. The van der Waals surface area contributed by atoms with Crippen molar-refractivity contribution in [3.8, 4) is 0 Å². The minimum Gasteiger partial charge on any atom is -0.394 e. The van der Waals surface area contributed by atoms with E-state index >= 15 is 0 Å². The topological polar surface area (TPSA) is 94.1 Å². The Morgan fingerprint density at radius 3 is 2.47 bits per heavy atom. The predicted molar refractivity (Wildman–Crippen MR) is 149 cm³/mol. The van der Waals surface area contributed by atoms with Crippen LogP contribution in [0.15, 0.2) is 48.8 Å². The average Bonchev–Trinajstić information content (AvgIpc) is 3.47. The summed E-state index contributed by atoms with van der Waals surface area (Å²) in [6, 6.07) is 14.6. The highest BCUT2D eigenvalue weighted by atomic mass is 16.5. The van der Waals surface area contributed by atoms with Crippen molar-refractivity contribution in [1.82, 2.24) is 14.9 Å². The van der Waals surface area contributed by atoms with Crippen LogP contribution in [-0.2, 0) is 4.74 Å². The number of benzene rings is 2. The van der Waals surface area contributed by atoms with Crippen molar-refractivity contribution in [3.05, 3.63) is 54.5 Å². The van der Waals surface area contributed by atoms with Gasteiger partial charge >= 0.3 is 6.03 Å². The molecule has 9 nitrogen and oxygen atoms in total. The summed E-state index contributed by atoms with van der Waals surface area (Å²) in [6.45, 7) is 5.83. The van der Waals surface area contributed by atoms with Gasteiger partial charge in [0.1, 0.15) is 6.33 Å². The van der Waals surface area contributed by atoms with Crippen LogP contribution in [0.5, 0.6) is 0 Å². The molecule has 0 bridgehead atoms. The molecule has 1 aromatic heterocycles. The number of hydrogen-bond acceptors (Lipinski definition) is 7. The number of hydrogen-bond donors (Lipinski definition) is 2. The van der Waals surface area contributed by atoms with Crippen LogP contribution in [-0.4, -0.2) is 84.6 Å². The van der Waals surface area contributed by atoms with Crippen LogP contribution >= 0.6 is 0 Å². The minimum atomic E-state index is -0.0520. The number of amides is 2. The highest BCUT2D eigenvalue weighted by Gasteiger charge is 2.27. The molecule has 6 rings (SSSR count). The third kappa shape index (κ3) is 5.13. The van der Waals surface area contributed by atoms with E-state index < -0.39 is 0 Å². The fraction of sp³-hybridized carbons (Fsp3) is 0.483. The number of rotatable bonds is 5. The highest BCUT2D eigenvalue weighted by Crippen LogP contribution is 2.34. The van der Waals surface area contributed by atoms with Gasteiger partial charge in [-0.05, 0) is 68.1 Å². The number of aromatic nitrogens is 2. The lowest BCUT2D eigenvalue weighted by atomic mass is 9.91. The Morgan fingerprint density at radius 1 is 0.947 bits per heavy atom. The van der Waals surface area contributed by atoms with Gasteiger partial charge < -0.3 is 29.9 Å². The number of aliphatic hydroxyl groups is 1. The van der Waals surface area contributed by atoms with Crippen molar-refractivity contribution < 1.29 is 14.6 Å². The zero-order chi connectivity index (χ0) is 25.9. The van der Waals surface area contributed by atoms with Crippen molar-refractivity contribution in [2.24, 2.45) is 0 Å². The molecule has 1 atom stereocenters. The summed E-state index contributed by atoms with van der Waals surface area (Å²) in [5.41, 5.74) is 5.10. The smallest absolute Gasteiger partial charge is 0.321 e. The van der Waals surface area contributed by atoms with E-state index in [0.29, 0.717) is 19.0 Å². The summed E-state index contributed by atoms with van der Waals surface area (Å²) in [5, 5.41) is 13.9. The van der Waals surface area contributed by atoms with Crippen LogP contribution in [0.25, 0.3) is 10.9 Å². The number of nitrogens with zero attached hydrogens (tertiary/aromatic N) is 5. The fourth-order valence-corrected chi connectivity index (χ4v) is 6.07. The predicted octanol–water partition coefficient (Wildman–Crippen LogP) is 3.84. The molecule has 0 saturated carbocycles. The number of piperidine rings is 1. The molecule has 2 N–H and O–H groups in total. The molecule has 38 heavy (non-hydrogen) atoms. The van der Waals surface area contributed by atoms with Crippen molar-refractivity contribution in [3.63, 3.8) is 0 Å². The van der Waals surface area contributed by atoms with E-state index in [2.05, 4.69) is 55.4 Å². The largest absolute Gasteiger partial charge is 0.394 e. The van der Waals surface area contributed by atoms with Gasteiger partial charge in [0, 0.05) is 61.1 Å². The van der Waals surface area contributed by atoms with Gasteiger partial charge in [-0.25, -0.2) is 14.8 Å². The van der Waals surface area contributed by atoms with Crippen LogP contribution in [0.2, 0.25) is 0 Å². The number of morpholine rings is 1. The van der Waals surface area contributed by atoms with E-state index in [0.717, 1.165) is 92.2 Å². The van der Waals surface area contributed by atoms with Gasteiger partial charge in [-0.2, -0.15) is 0 Å². The summed E-state index contributed by atoms with van der Waals surface area (Å²) in [4.78, 5) is 28.7. The number of fused-ring (bicyclic) bond motifs is 1. The molecule has 1 unspecified atom stereocenters. The molecular weight excluding hydrogens is 480 g/mol. The van der Waals surface area contributed by atoms with Crippen molar-refractivity contribution >= 4 is 34.0 Å². The molecule has 0 aliphatic carbocycles. The molecule has 0 spiro atoms. The molecule has 3 aliphatic rings. The van der Waals surface area contributed by atoms with E-state index in [4.69, 9.17) is 4.74 Å². The molecule has 2 amide bonds. The van der Waals surface area contributed by atoms with Gasteiger partial charge in [-0.1, -0.05) is 0 Å². The maximum absolute atomic E-state index is 13.0. The van der Waals surface area contributed by atoms with Gasteiger partial charge in [0.15, 0.2) is 0 Å². The number of ether oxygens (including phenoxy) is 1. The lowest BCUT2D eigenvalue weighted by Crippen LogP contribution is -2.40. The van der Waals surface area contributed by atoms with Crippen LogP contribution in [0.3, 0.4) is 0 Å². The second kappa shape index (κ2) is 11.1. The molecule has 3 saturated heterocycles. The SMILES string of the molecule is O=C(Nc1ccc(N2CCOCC2)cc1)N1CCC(c2ncnc3cc(N4CCCC4CO)ccc23)CC1. The number of nitrogens with one attached hydrogen (secondary N) is 1. The van der Waals surface area contributed by atoms with Gasteiger partial charge in [0.2, 0.25) is 0 Å². The summed E-state index contributed by atoms with van der Waals surface area (Å²) >= 11 is 0. The maximum Gasteiger partial charge on any atom is 0.321 e. The Labute approximate surface area is 223 Å². The van der Waals surface area contributed by atoms with Crippen LogP contribution in [0.4, 0.5) is 21.9 Å². The second-order valence-electron chi connectivity index (χ2n) is 10.5. The standard InChI is InChI=1S/C29H36N6O3/c36-19-25-2-1-11-35(25)24-7-8-26-27(18-24)30-20-31-28(26)21-9-12-34(13-10-21)29(37)32-22-3-5-23(6-4-22)33-14-16-38-17-15-33/h3-8,18,20-21,25,36H,1-2,9-17,19H2,(H,32,37). The van der Waals surface area contributed by atoms with Gasteiger partial charge in [-0.15, -0.1) is 0 Å². The van der Waals surface area contributed by atoms with E-state index in [9.17, 15) is 9.90 Å². The minimum absolute atomic E-state index is 0.0520. The monoisotopic (exact) mass is 516 g/mol. The molecule has 0 radical (unpaired) electrons. The second-order valence-corrected chi connectivity index (χ2v) is 10.5. The summed E-state index contributed by atoms with van der Waals surface area (Å²) < 4.78 is 5.43. The number of anilines is 3. The number of urea groups is 1. The summed E-state index contributed by atoms with van der Waals surface area (Å²) in [6.07, 6.45) is 5.53. The zero-order valence-corrected chi connectivity index (χ0v) is 21.8. The van der Waals surface area contributed by atoms with Gasteiger partial charge in [-0.3, -0.25) is 0 Å². The first kappa shape index (κ1) is 24.9.